The molecule has 106 valence electrons. The smallest absolute Gasteiger partial charge is 0.120 e. The molecule has 0 fully saturated rings. The summed E-state index contributed by atoms with van der Waals surface area (Å²) < 4.78 is 10.5. The number of rotatable bonds is 5. The minimum Gasteiger partial charge on any atom is -0.497 e. The second kappa shape index (κ2) is 6.64. The van der Waals surface area contributed by atoms with Crippen molar-refractivity contribution >= 4 is 11.6 Å². The van der Waals surface area contributed by atoms with Crippen LogP contribution in [0.1, 0.15) is 17.2 Å². The lowest BCUT2D eigenvalue weighted by Crippen LogP contribution is -2.18. The maximum atomic E-state index is 6.35. The Hall–Kier alpha value is -1.71. The van der Waals surface area contributed by atoms with Crippen LogP contribution in [-0.4, -0.2) is 21.3 Å². The van der Waals surface area contributed by atoms with Gasteiger partial charge in [0, 0.05) is 5.02 Å². The Labute approximate surface area is 124 Å². The number of ether oxygens (including phenoxy) is 2. The summed E-state index contributed by atoms with van der Waals surface area (Å²) in [6, 6.07) is 13.6. The van der Waals surface area contributed by atoms with E-state index in [9.17, 15) is 0 Å². The van der Waals surface area contributed by atoms with Gasteiger partial charge < -0.3 is 14.8 Å². The van der Waals surface area contributed by atoms with Gasteiger partial charge in [0.05, 0.1) is 20.3 Å². The Morgan fingerprint density at radius 3 is 2.30 bits per heavy atom. The summed E-state index contributed by atoms with van der Waals surface area (Å²) in [5, 5.41) is 3.96. The number of halogens is 1. The van der Waals surface area contributed by atoms with E-state index in [2.05, 4.69) is 5.32 Å². The fourth-order valence-corrected chi connectivity index (χ4v) is 2.47. The van der Waals surface area contributed by atoms with Crippen LogP contribution < -0.4 is 14.8 Å². The average molecular weight is 292 g/mol. The van der Waals surface area contributed by atoms with Gasteiger partial charge in [0.25, 0.3) is 0 Å². The van der Waals surface area contributed by atoms with Crippen LogP contribution in [0.2, 0.25) is 5.02 Å². The maximum absolute atomic E-state index is 6.35. The van der Waals surface area contributed by atoms with Gasteiger partial charge in [-0.2, -0.15) is 0 Å². The molecule has 0 spiro atoms. The van der Waals surface area contributed by atoms with Crippen molar-refractivity contribution in [1.29, 1.82) is 0 Å². The summed E-state index contributed by atoms with van der Waals surface area (Å²) in [4.78, 5) is 0. The average Bonchev–Trinajstić information content (AvgIpc) is 2.49. The molecule has 0 aliphatic heterocycles. The largest absolute Gasteiger partial charge is 0.497 e. The first-order valence-electron chi connectivity index (χ1n) is 6.34. The van der Waals surface area contributed by atoms with Crippen molar-refractivity contribution in [3.05, 3.63) is 58.6 Å². The standard InChI is InChI=1S/C16H18ClNO2/c1-18-16(11-5-4-6-12(9-11)19-2)14-8-7-13(20-3)10-15(14)17/h4-10,16,18H,1-3H3. The predicted octanol–water partition coefficient (Wildman–Crippen LogP) is 3.67. The number of nitrogens with one attached hydrogen (secondary N) is 1. The fraction of sp³-hybridized carbons (Fsp3) is 0.250. The van der Waals surface area contributed by atoms with Crippen LogP contribution in [0.5, 0.6) is 11.5 Å². The second-order valence-corrected chi connectivity index (χ2v) is 4.79. The van der Waals surface area contributed by atoms with E-state index in [-0.39, 0.29) is 6.04 Å². The zero-order chi connectivity index (χ0) is 14.5. The van der Waals surface area contributed by atoms with E-state index in [1.807, 2.05) is 49.5 Å². The lowest BCUT2D eigenvalue weighted by Gasteiger charge is -2.19. The molecule has 0 saturated carbocycles. The van der Waals surface area contributed by atoms with Crippen molar-refractivity contribution in [2.75, 3.05) is 21.3 Å². The van der Waals surface area contributed by atoms with E-state index < -0.39 is 0 Å². The molecule has 2 aromatic rings. The van der Waals surface area contributed by atoms with Gasteiger partial charge in [-0.05, 0) is 42.4 Å². The third-order valence-corrected chi connectivity index (χ3v) is 3.56. The first-order chi connectivity index (χ1) is 9.69. The zero-order valence-electron chi connectivity index (χ0n) is 11.8. The summed E-state index contributed by atoms with van der Waals surface area (Å²) in [6.45, 7) is 0. The molecule has 0 aliphatic rings. The van der Waals surface area contributed by atoms with Crippen LogP contribution in [-0.2, 0) is 0 Å². The van der Waals surface area contributed by atoms with Gasteiger partial charge in [0.2, 0.25) is 0 Å². The van der Waals surface area contributed by atoms with E-state index in [4.69, 9.17) is 21.1 Å². The zero-order valence-corrected chi connectivity index (χ0v) is 12.6. The minimum absolute atomic E-state index is 0.00325. The molecule has 0 saturated heterocycles. The van der Waals surface area contributed by atoms with Crippen molar-refractivity contribution in [1.82, 2.24) is 5.32 Å². The molecule has 1 unspecified atom stereocenters. The Balaban J connectivity index is 2.41. The van der Waals surface area contributed by atoms with Crippen LogP contribution >= 0.6 is 11.6 Å². The third kappa shape index (κ3) is 3.06. The van der Waals surface area contributed by atoms with E-state index in [1.54, 1.807) is 14.2 Å². The van der Waals surface area contributed by atoms with Crippen LogP contribution in [0, 0.1) is 0 Å². The van der Waals surface area contributed by atoms with Gasteiger partial charge >= 0.3 is 0 Å². The van der Waals surface area contributed by atoms with E-state index in [0.717, 1.165) is 22.6 Å². The van der Waals surface area contributed by atoms with E-state index in [1.165, 1.54) is 0 Å². The number of methoxy groups -OCH3 is 2. The normalized spacial score (nSPS) is 12.0. The minimum atomic E-state index is 0.00325. The van der Waals surface area contributed by atoms with Crippen molar-refractivity contribution in [3.8, 4) is 11.5 Å². The van der Waals surface area contributed by atoms with Crippen LogP contribution in [0.25, 0.3) is 0 Å². The fourth-order valence-electron chi connectivity index (χ4n) is 2.19. The summed E-state index contributed by atoms with van der Waals surface area (Å²) in [6.07, 6.45) is 0. The molecule has 2 aromatic carbocycles. The molecular formula is C16H18ClNO2. The molecule has 0 bridgehead atoms. The first-order valence-corrected chi connectivity index (χ1v) is 6.72. The van der Waals surface area contributed by atoms with Gasteiger partial charge in [-0.1, -0.05) is 29.8 Å². The van der Waals surface area contributed by atoms with Gasteiger partial charge in [-0.15, -0.1) is 0 Å². The summed E-state index contributed by atoms with van der Waals surface area (Å²) in [5.41, 5.74) is 2.10. The highest BCUT2D eigenvalue weighted by Crippen LogP contribution is 2.32. The summed E-state index contributed by atoms with van der Waals surface area (Å²) >= 11 is 6.35. The number of benzene rings is 2. The molecule has 0 aliphatic carbocycles. The van der Waals surface area contributed by atoms with Crippen LogP contribution in [0.15, 0.2) is 42.5 Å². The topological polar surface area (TPSA) is 30.5 Å². The maximum Gasteiger partial charge on any atom is 0.120 e. The molecular weight excluding hydrogens is 274 g/mol. The van der Waals surface area contributed by atoms with Crippen molar-refractivity contribution in [3.63, 3.8) is 0 Å². The Bertz CT molecular complexity index is 586. The van der Waals surface area contributed by atoms with Crippen LogP contribution in [0.4, 0.5) is 0 Å². The molecule has 0 radical (unpaired) electrons. The van der Waals surface area contributed by atoms with Crippen molar-refractivity contribution in [2.24, 2.45) is 0 Å². The molecule has 1 atom stereocenters. The molecule has 1 N–H and O–H groups in total. The SMILES string of the molecule is CNC(c1cccc(OC)c1)c1ccc(OC)cc1Cl. The predicted molar refractivity (Wildman–Crippen MR) is 81.9 cm³/mol. The van der Waals surface area contributed by atoms with Gasteiger partial charge in [0.15, 0.2) is 0 Å². The lowest BCUT2D eigenvalue weighted by atomic mass is 9.98. The third-order valence-electron chi connectivity index (χ3n) is 3.23. The molecule has 2 rings (SSSR count). The van der Waals surface area contributed by atoms with E-state index >= 15 is 0 Å². The van der Waals surface area contributed by atoms with Crippen LogP contribution in [0.3, 0.4) is 0 Å². The van der Waals surface area contributed by atoms with Gasteiger partial charge in [-0.25, -0.2) is 0 Å². The second-order valence-electron chi connectivity index (χ2n) is 4.39. The Morgan fingerprint density at radius 2 is 1.70 bits per heavy atom. The highest BCUT2D eigenvalue weighted by Gasteiger charge is 2.16. The molecule has 20 heavy (non-hydrogen) atoms. The van der Waals surface area contributed by atoms with Gasteiger partial charge in [0.1, 0.15) is 11.5 Å². The Kier molecular flexibility index (Phi) is 4.88. The van der Waals surface area contributed by atoms with Crippen molar-refractivity contribution in [2.45, 2.75) is 6.04 Å². The summed E-state index contributed by atoms with van der Waals surface area (Å²) in [7, 11) is 5.20. The lowest BCUT2D eigenvalue weighted by molar-refractivity contribution is 0.413. The molecule has 4 heteroatoms. The quantitative estimate of drug-likeness (QED) is 0.912. The Morgan fingerprint density at radius 1 is 1.00 bits per heavy atom. The molecule has 0 aromatic heterocycles. The highest BCUT2D eigenvalue weighted by molar-refractivity contribution is 6.31. The molecule has 0 amide bonds. The molecule has 0 heterocycles. The van der Waals surface area contributed by atoms with E-state index in [0.29, 0.717) is 5.02 Å². The summed E-state index contributed by atoms with van der Waals surface area (Å²) in [5.74, 6) is 1.58. The number of hydrogen-bond donors (Lipinski definition) is 1. The highest BCUT2D eigenvalue weighted by atomic mass is 35.5. The molecule has 3 nitrogen and oxygen atoms in total. The van der Waals surface area contributed by atoms with Gasteiger partial charge in [-0.3, -0.25) is 0 Å². The first kappa shape index (κ1) is 14.7. The van der Waals surface area contributed by atoms with Crippen molar-refractivity contribution < 1.29 is 9.47 Å². The monoisotopic (exact) mass is 291 g/mol. The number of hydrogen-bond acceptors (Lipinski definition) is 3.